The van der Waals surface area contributed by atoms with Crippen LogP contribution >= 0.6 is 0 Å². The summed E-state index contributed by atoms with van der Waals surface area (Å²) in [6.07, 6.45) is 5.37. The van der Waals surface area contributed by atoms with E-state index in [2.05, 4.69) is 30.1 Å². The zero-order valence-corrected chi connectivity index (χ0v) is 9.38. The third-order valence-corrected chi connectivity index (χ3v) is 2.33. The molecule has 0 fully saturated rings. The lowest BCUT2D eigenvalue weighted by Gasteiger charge is -2.09. The van der Waals surface area contributed by atoms with E-state index in [4.69, 9.17) is 0 Å². The zero-order valence-electron chi connectivity index (χ0n) is 9.38. The minimum absolute atomic E-state index is 1.10. The summed E-state index contributed by atoms with van der Waals surface area (Å²) in [5.74, 6) is 0. The lowest BCUT2D eigenvalue weighted by atomic mass is 10.0. The molecule has 2 rings (SSSR count). The number of nitrogens with zero attached hydrogens (tertiary/aromatic N) is 1. The molecule has 0 aromatic heterocycles. The molecule has 0 N–H and O–H groups in total. The van der Waals surface area contributed by atoms with E-state index in [1.165, 1.54) is 16.8 Å². The highest BCUT2D eigenvalue weighted by Gasteiger charge is 2.04. The monoisotopic (exact) mass is 189 g/mol. The molecule has 1 aliphatic rings. The Morgan fingerprint density at radius 2 is 2.07 bits per heavy atom. The van der Waals surface area contributed by atoms with Gasteiger partial charge in [-0.3, -0.25) is 4.99 Å². The van der Waals surface area contributed by atoms with Crippen LogP contribution in [0.15, 0.2) is 23.2 Å². The molecule has 0 aliphatic carbocycles. The van der Waals surface area contributed by atoms with Crippen LogP contribution in [0.4, 0.5) is 5.69 Å². The number of benzene rings is 1. The second-order valence-corrected chi connectivity index (χ2v) is 3.17. The Balaban J connectivity index is 0.000000461. The van der Waals surface area contributed by atoms with Gasteiger partial charge in [-0.1, -0.05) is 32.9 Å². The Bertz CT molecular complexity index is 313. The maximum Gasteiger partial charge on any atom is 0.0660 e. The molecule has 0 unspecified atom stereocenters. The Morgan fingerprint density at radius 3 is 2.79 bits per heavy atom. The molecule has 0 atom stereocenters. The summed E-state index contributed by atoms with van der Waals surface area (Å²) in [4.78, 5) is 4.38. The van der Waals surface area contributed by atoms with E-state index in [9.17, 15) is 0 Å². The molecule has 14 heavy (non-hydrogen) atoms. The van der Waals surface area contributed by atoms with Crippen molar-refractivity contribution >= 4 is 11.9 Å². The van der Waals surface area contributed by atoms with Crippen molar-refractivity contribution in [2.45, 2.75) is 40.0 Å². The Hall–Kier alpha value is -1.11. The molecule has 0 bridgehead atoms. The van der Waals surface area contributed by atoms with E-state index in [-0.39, 0.29) is 0 Å². The predicted molar refractivity (Wildman–Crippen MR) is 63.6 cm³/mol. The van der Waals surface area contributed by atoms with Crippen molar-refractivity contribution < 1.29 is 0 Å². The Labute approximate surface area is 86.9 Å². The first-order valence-electron chi connectivity index (χ1n) is 5.54. The first-order valence-corrected chi connectivity index (χ1v) is 5.54. The number of aliphatic imine (C=N–C) groups is 1. The first-order chi connectivity index (χ1) is 6.90. The second kappa shape index (κ2) is 5.58. The standard InChI is InChI=1S/C11H13N.C2H6/c1-2-9-5-6-10-4-3-7-12-11(10)8-9;1-2/h5-8H,2-4H2,1H3;1-2H3. The molecule has 0 amide bonds. The lowest BCUT2D eigenvalue weighted by Crippen LogP contribution is -1.94. The largest absolute Gasteiger partial charge is 0.261 e. The summed E-state index contributed by atoms with van der Waals surface area (Å²) < 4.78 is 0. The Morgan fingerprint density at radius 1 is 1.29 bits per heavy atom. The third-order valence-electron chi connectivity index (χ3n) is 2.33. The summed E-state index contributed by atoms with van der Waals surface area (Å²) in [6.45, 7) is 6.17. The number of aryl methyl sites for hydroxylation is 2. The highest BCUT2D eigenvalue weighted by atomic mass is 14.7. The molecular weight excluding hydrogens is 170 g/mol. The average molecular weight is 189 g/mol. The van der Waals surface area contributed by atoms with Crippen LogP contribution in [0.3, 0.4) is 0 Å². The topological polar surface area (TPSA) is 12.4 Å². The Kier molecular flexibility index (Phi) is 4.37. The van der Waals surface area contributed by atoms with E-state index >= 15 is 0 Å². The fraction of sp³-hybridized carbons (Fsp3) is 0.462. The van der Waals surface area contributed by atoms with Crippen LogP contribution in [0.25, 0.3) is 0 Å². The molecule has 1 heteroatoms. The van der Waals surface area contributed by atoms with Gasteiger partial charge in [0.15, 0.2) is 0 Å². The van der Waals surface area contributed by atoms with Crippen molar-refractivity contribution in [3.8, 4) is 0 Å². The van der Waals surface area contributed by atoms with Gasteiger partial charge in [-0.2, -0.15) is 0 Å². The second-order valence-electron chi connectivity index (χ2n) is 3.17. The molecule has 0 spiro atoms. The van der Waals surface area contributed by atoms with Crippen LogP contribution in [0.1, 0.15) is 38.3 Å². The maximum atomic E-state index is 4.38. The molecule has 1 aliphatic heterocycles. The van der Waals surface area contributed by atoms with Crippen molar-refractivity contribution in [3.63, 3.8) is 0 Å². The number of fused-ring (bicyclic) bond motifs is 1. The maximum absolute atomic E-state index is 4.38. The minimum atomic E-state index is 1.10. The van der Waals surface area contributed by atoms with Gasteiger partial charge < -0.3 is 0 Å². The van der Waals surface area contributed by atoms with Crippen LogP contribution < -0.4 is 0 Å². The molecule has 1 heterocycles. The summed E-state index contributed by atoms with van der Waals surface area (Å²) in [7, 11) is 0. The highest BCUT2D eigenvalue weighted by molar-refractivity contribution is 5.69. The van der Waals surface area contributed by atoms with Crippen LogP contribution in [0.2, 0.25) is 0 Å². The predicted octanol–water partition coefficient (Wildman–Crippen LogP) is 3.92. The SMILES string of the molecule is CC.CCc1ccc2c(c1)N=CCC2. The molecule has 0 saturated heterocycles. The highest BCUT2D eigenvalue weighted by Crippen LogP contribution is 2.25. The van der Waals surface area contributed by atoms with Gasteiger partial charge in [0.1, 0.15) is 0 Å². The van der Waals surface area contributed by atoms with Crippen molar-refractivity contribution in [2.75, 3.05) is 0 Å². The fourth-order valence-corrected chi connectivity index (χ4v) is 1.54. The van der Waals surface area contributed by atoms with Gasteiger partial charge in [-0.15, -0.1) is 0 Å². The smallest absolute Gasteiger partial charge is 0.0660 e. The van der Waals surface area contributed by atoms with E-state index in [0.29, 0.717) is 0 Å². The van der Waals surface area contributed by atoms with E-state index in [1.807, 2.05) is 20.1 Å². The molecule has 0 saturated carbocycles. The van der Waals surface area contributed by atoms with Crippen molar-refractivity contribution in [3.05, 3.63) is 29.3 Å². The normalized spacial score (nSPS) is 12.8. The van der Waals surface area contributed by atoms with Gasteiger partial charge in [0.05, 0.1) is 5.69 Å². The van der Waals surface area contributed by atoms with Gasteiger partial charge in [0.2, 0.25) is 0 Å². The van der Waals surface area contributed by atoms with Crippen LogP contribution in [0.5, 0.6) is 0 Å². The molecule has 1 nitrogen and oxygen atoms in total. The number of hydrogen-bond acceptors (Lipinski definition) is 1. The van der Waals surface area contributed by atoms with Gasteiger partial charge in [-0.25, -0.2) is 0 Å². The lowest BCUT2D eigenvalue weighted by molar-refractivity contribution is 1.02. The van der Waals surface area contributed by atoms with E-state index in [0.717, 1.165) is 19.3 Å². The van der Waals surface area contributed by atoms with Gasteiger partial charge >= 0.3 is 0 Å². The van der Waals surface area contributed by atoms with Crippen molar-refractivity contribution in [1.29, 1.82) is 0 Å². The quantitative estimate of drug-likeness (QED) is 0.635. The molecule has 0 radical (unpaired) electrons. The van der Waals surface area contributed by atoms with Crippen molar-refractivity contribution in [1.82, 2.24) is 0 Å². The molecule has 76 valence electrons. The fourth-order valence-electron chi connectivity index (χ4n) is 1.54. The molecule has 1 aromatic carbocycles. The minimum Gasteiger partial charge on any atom is -0.261 e. The average Bonchev–Trinajstić information content (AvgIpc) is 2.31. The van der Waals surface area contributed by atoms with Crippen LogP contribution in [-0.2, 0) is 12.8 Å². The zero-order chi connectivity index (χ0) is 10.4. The van der Waals surface area contributed by atoms with E-state index in [1.54, 1.807) is 0 Å². The number of rotatable bonds is 1. The summed E-state index contributed by atoms with van der Waals surface area (Å²) >= 11 is 0. The third kappa shape index (κ3) is 2.44. The van der Waals surface area contributed by atoms with Gasteiger partial charge in [0.25, 0.3) is 0 Å². The first kappa shape index (κ1) is 11.0. The van der Waals surface area contributed by atoms with Crippen molar-refractivity contribution in [2.24, 2.45) is 4.99 Å². The summed E-state index contributed by atoms with van der Waals surface area (Å²) in [6, 6.07) is 6.62. The van der Waals surface area contributed by atoms with E-state index < -0.39 is 0 Å². The van der Waals surface area contributed by atoms with Gasteiger partial charge in [0, 0.05) is 6.21 Å². The van der Waals surface area contributed by atoms with Gasteiger partial charge in [-0.05, 0) is 36.5 Å². The van der Waals surface area contributed by atoms with Crippen LogP contribution in [0, 0.1) is 0 Å². The summed E-state index contributed by atoms with van der Waals surface area (Å²) in [5, 5.41) is 0. The molecular formula is C13H19N. The summed E-state index contributed by atoms with van der Waals surface area (Å²) in [5.41, 5.74) is 3.96. The van der Waals surface area contributed by atoms with Crippen LogP contribution in [-0.4, -0.2) is 6.21 Å². The number of hydrogen-bond donors (Lipinski definition) is 0. The molecule has 1 aromatic rings.